The van der Waals surface area contributed by atoms with Gasteiger partial charge in [0.2, 0.25) is 5.95 Å². The van der Waals surface area contributed by atoms with Gasteiger partial charge in [-0.2, -0.15) is 5.10 Å². The summed E-state index contributed by atoms with van der Waals surface area (Å²) >= 11 is 5.89. The minimum atomic E-state index is -0.589. The van der Waals surface area contributed by atoms with Gasteiger partial charge in [0.05, 0.1) is 29.1 Å². The molecule has 2 N–H and O–H groups in total. The Labute approximate surface area is 206 Å². The van der Waals surface area contributed by atoms with Gasteiger partial charge in [0.25, 0.3) is 5.56 Å². The number of hydrogen-bond acceptors (Lipinski definition) is 6. The Hall–Kier alpha value is -3.56. The van der Waals surface area contributed by atoms with Crippen molar-refractivity contribution in [2.75, 3.05) is 5.32 Å². The fourth-order valence-electron chi connectivity index (χ4n) is 4.50. The summed E-state index contributed by atoms with van der Waals surface area (Å²) < 4.78 is 17.5. The quantitative estimate of drug-likeness (QED) is 0.423. The summed E-state index contributed by atoms with van der Waals surface area (Å²) in [5.41, 5.74) is 2.26. The topological polar surface area (TPSA) is 97.9 Å². The van der Waals surface area contributed by atoms with E-state index in [4.69, 9.17) is 11.6 Å². The van der Waals surface area contributed by atoms with Gasteiger partial charge in [-0.25, -0.2) is 14.4 Å². The van der Waals surface area contributed by atoms with E-state index in [2.05, 4.69) is 20.4 Å². The molecule has 3 atom stereocenters. The first-order chi connectivity index (χ1) is 16.9. The lowest BCUT2D eigenvalue weighted by Gasteiger charge is -2.20. The lowest BCUT2D eigenvalue weighted by atomic mass is 10.0. The minimum Gasteiger partial charge on any atom is -0.393 e. The number of aliphatic hydroxyl groups excluding tert-OH is 1. The van der Waals surface area contributed by atoms with Crippen LogP contribution in [0.3, 0.4) is 0 Å². The van der Waals surface area contributed by atoms with Gasteiger partial charge in [-0.05, 0) is 49.1 Å². The Balaban J connectivity index is 1.49. The summed E-state index contributed by atoms with van der Waals surface area (Å²) in [6.07, 6.45) is 8.72. The van der Waals surface area contributed by atoms with Crippen molar-refractivity contribution in [3.05, 3.63) is 93.5 Å². The molecule has 1 aromatic carbocycles. The molecule has 4 aromatic rings. The van der Waals surface area contributed by atoms with Crippen molar-refractivity contribution in [3.8, 4) is 11.3 Å². The Morgan fingerprint density at radius 3 is 2.74 bits per heavy atom. The molecule has 3 heterocycles. The number of nitrogens with one attached hydrogen (secondary N) is 1. The number of aromatic nitrogens is 5. The number of anilines is 1. The molecular formula is C25H24ClFN6O2. The first kappa shape index (κ1) is 23.2. The molecule has 5 rings (SSSR count). The molecule has 1 unspecified atom stereocenters. The van der Waals surface area contributed by atoms with Gasteiger partial charge >= 0.3 is 0 Å². The van der Waals surface area contributed by atoms with Crippen molar-refractivity contribution >= 4 is 17.5 Å². The van der Waals surface area contributed by atoms with Crippen LogP contribution in [-0.4, -0.2) is 41.6 Å². The van der Waals surface area contributed by atoms with Gasteiger partial charge in [0.15, 0.2) is 0 Å². The van der Waals surface area contributed by atoms with Gasteiger partial charge in [-0.1, -0.05) is 17.7 Å². The second-order valence-electron chi connectivity index (χ2n) is 8.76. The highest BCUT2D eigenvalue weighted by molar-refractivity contribution is 6.30. The van der Waals surface area contributed by atoms with E-state index in [0.717, 1.165) is 18.4 Å². The second-order valence-corrected chi connectivity index (χ2v) is 9.17. The lowest BCUT2D eigenvalue weighted by molar-refractivity contribution is 0.182. The normalized spacial score (nSPS) is 18.5. The SMILES string of the molecule is Cn1cc(C(c2ccc(Cl)c(F)c2)n2ccc(-c3ccnc(N[C@H]4CC[C@H](O)C4)n3)cc2=O)cn1. The molecule has 8 nitrogen and oxygen atoms in total. The first-order valence-electron chi connectivity index (χ1n) is 11.3. The molecule has 1 aliphatic rings. The highest BCUT2D eigenvalue weighted by Crippen LogP contribution is 2.29. The van der Waals surface area contributed by atoms with Gasteiger partial charge in [-0.3, -0.25) is 9.48 Å². The fraction of sp³-hybridized carbons (Fsp3) is 0.280. The van der Waals surface area contributed by atoms with E-state index < -0.39 is 11.9 Å². The molecule has 10 heteroatoms. The van der Waals surface area contributed by atoms with E-state index >= 15 is 0 Å². The van der Waals surface area contributed by atoms with E-state index in [-0.39, 0.29) is 22.7 Å². The largest absolute Gasteiger partial charge is 0.393 e. The Morgan fingerprint density at radius 1 is 1.20 bits per heavy atom. The molecular weight excluding hydrogens is 471 g/mol. The van der Waals surface area contributed by atoms with E-state index in [1.165, 1.54) is 22.8 Å². The maximum absolute atomic E-state index is 14.3. The van der Waals surface area contributed by atoms with Crippen LogP contribution in [0, 0.1) is 5.82 Å². The molecule has 0 bridgehead atoms. The van der Waals surface area contributed by atoms with Crippen LogP contribution in [0.5, 0.6) is 0 Å². The Kier molecular flexibility index (Phi) is 6.36. The predicted octanol–water partition coefficient (Wildman–Crippen LogP) is 3.79. The maximum atomic E-state index is 14.3. The summed E-state index contributed by atoms with van der Waals surface area (Å²) in [7, 11) is 1.78. The number of benzene rings is 1. The van der Waals surface area contributed by atoms with Crippen molar-refractivity contribution in [2.45, 2.75) is 37.5 Å². The third-order valence-corrected chi connectivity index (χ3v) is 6.52. The number of aryl methyl sites for hydroxylation is 1. The number of pyridine rings is 1. The zero-order valence-corrected chi connectivity index (χ0v) is 19.7. The third-order valence-electron chi connectivity index (χ3n) is 6.22. The smallest absolute Gasteiger partial charge is 0.252 e. The van der Waals surface area contributed by atoms with Crippen LogP contribution in [0.1, 0.15) is 36.4 Å². The van der Waals surface area contributed by atoms with Crippen molar-refractivity contribution in [2.24, 2.45) is 7.05 Å². The standard InChI is InChI=1S/C25H24ClFN6O2/c1-32-14-17(13-29-32)24(16-2-5-20(26)21(27)10-16)33-9-7-15(11-23(33)35)22-6-8-28-25(31-22)30-18-3-4-19(34)12-18/h2,5-11,13-14,18-19,24,34H,3-4,12H2,1H3,(H,28,30,31)/t18-,19-,24?/m0/s1. The van der Waals surface area contributed by atoms with Crippen LogP contribution in [-0.2, 0) is 7.05 Å². The number of hydrogen-bond donors (Lipinski definition) is 2. The molecule has 0 radical (unpaired) electrons. The summed E-state index contributed by atoms with van der Waals surface area (Å²) in [5, 5.41) is 17.3. The van der Waals surface area contributed by atoms with Crippen LogP contribution < -0.4 is 10.9 Å². The van der Waals surface area contributed by atoms with Gasteiger partial charge in [0, 0.05) is 48.9 Å². The highest BCUT2D eigenvalue weighted by Gasteiger charge is 2.24. The molecule has 0 aliphatic heterocycles. The predicted molar refractivity (Wildman–Crippen MR) is 131 cm³/mol. The average molecular weight is 495 g/mol. The van der Waals surface area contributed by atoms with E-state index in [1.54, 1.807) is 54.7 Å². The summed E-state index contributed by atoms with van der Waals surface area (Å²) in [5.74, 6) is -0.103. The molecule has 0 saturated heterocycles. The van der Waals surface area contributed by atoms with Gasteiger partial charge in [-0.15, -0.1) is 0 Å². The third kappa shape index (κ3) is 4.96. The molecule has 1 aliphatic carbocycles. The second kappa shape index (κ2) is 9.59. The first-order valence-corrected chi connectivity index (χ1v) is 11.7. The monoisotopic (exact) mass is 494 g/mol. The number of rotatable bonds is 6. The van der Waals surface area contributed by atoms with Crippen LogP contribution in [0.4, 0.5) is 10.3 Å². The number of halogens is 2. The van der Waals surface area contributed by atoms with Crippen molar-refractivity contribution in [1.29, 1.82) is 0 Å². The maximum Gasteiger partial charge on any atom is 0.252 e. The lowest BCUT2D eigenvalue weighted by Crippen LogP contribution is -2.25. The van der Waals surface area contributed by atoms with Crippen molar-refractivity contribution in [1.82, 2.24) is 24.3 Å². The molecule has 1 fully saturated rings. The van der Waals surface area contributed by atoms with E-state index in [9.17, 15) is 14.3 Å². The average Bonchev–Trinajstić information content (AvgIpc) is 3.45. The zero-order valence-electron chi connectivity index (χ0n) is 19.0. The van der Waals surface area contributed by atoms with E-state index in [0.29, 0.717) is 29.2 Å². The molecule has 180 valence electrons. The van der Waals surface area contributed by atoms with Crippen molar-refractivity contribution < 1.29 is 9.50 Å². The van der Waals surface area contributed by atoms with Crippen LogP contribution >= 0.6 is 11.6 Å². The molecule has 0 amide bonds. The van der Waals surface area contributed by atoms with Crippen LogP contribution in [0.15, 0.2) is 66.0 Å². The number of nitrogens with zero attached hydrogens (tertiary/aromatic N) is 5. The van der Waals surface area contributed by atoms with Gasteiger partial charge in [0.1, 0.15) is 5.82 Å². The van der Waals surface area contributed by atoms with Crippen molar-refractivity contribution in [3.63, 3.8) is 0 Å². The zero-order chi connectivity index (χ0) is 24.5. The Morgan fingerprint density at radius 2 is 2.06 bits per heavy atom. The summed E-state index contributed by atoms with van der Waals surface area (Å²) in [6.45, 7) is 0. The summed E-state index contributed by atoms with van der Waals surface area (Å²) in [6, 6.07) is 9.08. The molecule has 35 heavy (non-hydrogen) atoms. The highest BCUT2D eigenvalue weighted by atomic mass is 35.5. The number of aliphatic hydroxyl groups is 1. The minimum absolute atomic E-state index is 0.0154. The molecule has 0 spiro atoms. The fourth-order valence-corrected chi connectivity index (χ4v) is 4.62. The van der Waals surface area contributed by atoms with Crippen LogP contribution in [0.2, 0.25) is 5.02 Å². The summed E-state index contributed by atoms with van der Waals surface area (Å²) in [4.78, 5) is 22.1. The Bertz CT molecular complexity index is 1420. The molecule has 3 aromatic heterocycles. The van der Waals surface area contributed by atoms with E-state index in [1.807, 2.05) is 0 Å². The molecule has 1 saturated carbocycles. The van der Waals surface area contributed by atoms with Gasteiger partial charge < -0.3 is 15.0 Å². The van der Waals surface area contributed by atoms with Crippen LogP contribution in [0.25, 0.3) is 11.3 Å².